The fraction of sp³-hybridized carbons (Fsp3) is 0.444. The second-order valence-corrected chi connectivity index (χ2v) is 7.50. The number of nitrogens with zero attached hydrogens (tertiary/aromatic N) is 3. The lowest BCUT2D eigenvalue weighted by Gasteiger charge is -2.25. The number of pyridine rings is 1. The monoisotopic (exact) mass is 358 g/mol. The van der Waals surface area contributed by atoms with Crippen molar-refractivity contribution in [3.63, 3.8) is 0 Å². The third-order valence-corrected chi connectivity index (χ3v) is 5.42. The van der Waals surface area contributed by atoms with Crippen LogP contribution in [-0.2, 0) is 11.3 Å². The predicted octanol–water partition coefficient (Wildman–Crippen LogP) is 2.77. The summed E-state index contributed by atoms with van der Waals surface area (Å²) in [4.78, 5) is 35.4. The zero-order valence-electron chi connectivity index (χ0n) is 14.7. The summed E-state index contributed by atoms with van der Waals surface area (Å²) in [5, 5.41) is 3.68. The first-order valence-corrected chi connectivity index (χ1v) is 9.21. The molecular formula is C18H22N4O2S. The maximum absolute atomic E-state index is 13.0. The van der Waals surface area contributed by atoms with E-state index in [2.05, 4.69) is 15.3 Å². The van der Waals surface area contributed by atoms with Crippen molar-refractivity contribution in [2.24, 2.45) is 0 Å². The number of amides is 2. The Kier molecular flexibility index (Phi) is 5.13. The summed E-state index contributed by atoms with van der Waals surface area (Å²) < 4.78 is 0. The Hall–Kier alpha value is -2.28. The lowest BCUT2D eigenvalue weighted by molar-refractivity contribution is -0.119. The van der Waals surface area contributed by atoms with E-state index in [9.17, 15) is 9.59 Å². The number of nitrogens with one attached hydrogen (secondary N) is 1. The number of likely N-dealkylation sites (tertiary alicyclic amines) is 1. The summed E-state index contributed by atoms with van der Waals surface area (Å²) >= 11 is 1.46. The molecule has 3 heterocycles. The van der Waals surface area contributed by atoms with Gasteiger partial charge in [-0.1, -0.05) is 0 Å². The van der Waals surface area contributed by atoms with Gasteiger partial charge in [-0.15, -0.1) is 11.3 Å². The fourth-order valence-corrected chi connectivity index (χ4v) is 4.11. The lowest BCUT2D eigenvalue weighted by Crippen LogP contribution is -2.30. The van der Waals surface area contributed by atoms with Gasteiger partial charge in [-0.2, -0.15) is 0 Å². The lowest BCUT2D eigenvalue weighted by atomic mass is 10.0. The molecule has 0 radical (unpaired) electrons. The summed E-state index contributed by atoms with van der Waals surface area (Å²) in [7, 11) is 0. The molecule has 0 saturated carbocycles. The molecule has 2 aromatic heterocycles. The summed E-state index contributed by atoms with van der Waals surface area (Å²) in [5.74, 6) is -0.0215. The van der Waals surface area contributed by atoms with Crippen molar-refractivity contribution >= 4 is 23.2 Å². The van der Waals surface area contributed by atoms with Crippen molar-refractivity contribution in [1.82, 2.24) is 20.2 Å². The smallest absolute Gasteiger partial charge is 0.266 e. The number of carbonyl (C=O) groups excluding carboxylic acids is 2. The third kappa shape index (κ3) is 3.87. The van der Waals surface area contributed by atoms with Gasteiger partial charge in [-0.25, -0.2) is 4.98 Å². The van der Waals surface area contributed by atoms with E-state index in [-0.39, 0.29) is 17.9 Å². The molecule has 1 aliphatic heterocycles. The van der Waals surface area contributed by atoms with Gasteiger partial charge in [-0.3, -0.25) is 14.6 Å². The largest absolute Gasteiger partial charge is 0.351 e. The average molecular weight is 358 g/mol. The van der Waals surface area contributed by atoms with Gasteiger partial charge in [0.05, 0.1) is 29.0 Å². The maximum Gasteiger partial charge on any atom is 0.266 e. The van der Waals surface area contributed by atoms with Crippen molar-refractivity contribution in [1.29, 1.82) is 0 Å². The van der Waals surface area contributed by atoms with E-state index in [4.69, 9.17) is 0 Å². The van der Waals surface area contributed by atoms with Gasteiger partial charge in [0.1, 0.15) is 4.88 Å². The molecule has 0 unspecified atom stereocenters. The van der Waals surface area contributed by atoms with Crippen LogP contribution in [0.5, 0.6) is 0 Å². The molecule has 1 atom stereocenters. The number of thiazole rings is 1. The van der Waals surface area contributed by atoms with Crippen LogP contribution in [0.4, 0.5) is 0 Å². The Morgan fingerprint density at radius 3 is 2.88 bits per heavy atom. The molecule has 0 aliphatic carbocycles. The van der Waals surface area contributed by atoms with Crippen LogP contribution >= 0.6 is 11.3 Å². The highest BCUT2D eigenvalue weighted by Gasteiger charge is 2.32. The molecule has 3 rings (SSSR count). The first-order chi connectivity index (χ1) is 12.0. The minimum Gasteiger partial charge on any atom is -0.351 e. The summed E-state index contributed by atoms with van der Waals surface area (Å²) in [6.45, 7) is 6.45. The van der Waals surface area contributed by atoms with Crippen LogP contribution < -0.4 is 5.32 Å². The molecule has 2 aromatic rings. The Bertz CT molecular complexity index is 802. The van der Waals surface area contributed by atoms with Crippen molar-refractivity contribution in [3.8, 4) is 0 Å². The summed E-state index contributed by atoms with van der Waals surface area (Å²) in [6.07, 6.45) is 3.66. The second-order valence-electron chi connectivity index (χ2n) is 6.29. The summed E-state index contributed by atoms with van der Waals surface area (Å²) in [5.41, 5.74) is 2.68. The van der Waals surface area contributed by atoms with Gasteiger partial charge in [-0.05, 0) is 44.4 Å². The van der Waals surface area contributed by atoms with Crippen molar-refractivity contribution in [2.45, 2.75) is 46.2 Å². The number of carbonyl (C=O) groups is 2. The van der Waals surface area contributed by atoms with E-state index >= 15 is 0 Å². The van der Waals surface area contributed by atoms with E-state index < -0.39 is 0 Å². The SMILES string of the molecule is CC(=O)NCc1cc([C@@H]2CCCN2C(=O)c2sc(C)nc2C)ccn1. The molecule has 0 aromatic carbocycles. The minimum atomic E-state index is -0.0825. The normalized spacial score (nSPS) is 16.9. The van der Waals surface area contributed by atoms with Gasteiger partial charge in [0.2, 0.25) is 5.91 Å². The molecule has 2 amide bonds. The molecule has 132 valence electrons. The van der Waals surface area contributed by atoms with Gasteiger partial charge >= 0.3 is 0 Å². The molecular weight excluding hydrogens is 336 g/mol. The number of aryl methyl sites for hydroxylation is 2. The number of aromatic nitrogens is 2. The minimum absolute atomic E-state index is 0.0494. The van der Waals surface area contributed by atoms with E-state index in [0.717, 1.165) is 46.2 Å². The van der Waals surface area contributed by atoms with Crippen LogP contribution in [0.25, 0.3) is 0 Å². The number of hydrogen-bond donors (Lipinski definition) is 1. The van der Waals surface area contributed by atoms with Crippen LogP contribution in [0, 0.1) is 13.8 Å². The predicted molar refractivity (Wildman–Crippen MR) is 96.4 cm³/mol. The standard InChI is InChI=1S/C18H22N4O2S/c1-11-17(25-13(3)21-11)18(24)22-8-4-5-16(22)14-6-7-19-15(9-14)10-20-12(2)23/h6-7,9,16H,4-5,8,10H2,1-3H3,(H,20,23)/t16-/m0/s1. The first-order valence-electron chi connectivity index (χ1n) is 8.40. The number of rotatable bonds is 4. The van der Waals surface area contributed by atoms with Crippen LogP contribution in [0.15, 0.2) is 18.3 Å². The highest BCUT2D eigenvalue weighted by Crippen LogP contribution is 2.34. The topological polar surface area (TPSA) is 75.2 Å². The van der Waals surface area contributed by atoms with Crippen LogP contribution in [-0.4, -0.2) is 33.2 Å². The van der Waals surface area contributed by atoms with Crippen molar-refractivity contribution in [2.75, 3.05) is 6.54 Å². The zero-order valence-corrected chi connectivity index (χ0v) is 15.5. The maximum atomic E-state index is 13.0. The highest BCUT2D eigenvalue weighted by molar-refractivity contribution is 7.13. The third-order valence-electron chi connectivity index (χ3n) is 4.36. The molecule has 1 fully saturated rings. The Morgan fingerprint density at radius 2 is 2.20 bits per heavy atom. The van der Waals surface area contributed by atoms with Gasteiger partial charge < -0.3 is 10.2 Å². The zero-order chi connectivity index (χ0) is 18.0. The molecule has 0 bridgehead atoms. The molecule has 1 aliphatic rings. The fourth-order valence-electron chi connectivity index (χ4n) is 3.23. The van der Waals surface area contributed by atoms with Gasteiger partial charge in [0, 0.05) is 19.7 Å². The Balaban J connectivity index is 1.82. The first kappa shape index (κ1) is 17.5. The van der Waals surface area contributed by atoms with E-state index in [1.165, 1.54) is 18.3 Å². The molecule has 1 saturated heterocycles. The molecule has 7 heteroatoms. The molecule has 0 spiro atoms. The highest BCUT2D eigenvalue weighted by atomic mass is 32.1. The van der Waals surface area contributed by atoms with Crippen LogP contribution in [0.1, 0.15) is 57.4 Å². The quantitative estimate of drug-likeness (QED) is 0.912. The molecule has 25 heavy (non-hydrogen) atoms. The van der Waals surface area contributed by atoms with Crippen molar-refractivity contribution in [3.05, 3.63) is 45.2 Å². The molecule has 6 nitrogen and oxygen atoms in total. The van der Waals surface area contributed by atoms with E-state index in [1.807, 2.05) is 30.9 Å². The Morgan fingerprint density at radius 1 is 1.40 bits per heavy atom. The van der Waals surface area contributed by atoms with Gasteiger partial charge in [0.15, 0.2) is 0 Å². The van der Waals surface area contributed by atoms with E-state index in [1.54, 1.807) is 6.20 Å². The van der Waals surface area contributed by atoms with E-state index in [0.29, 0.717) is 6.54 Å². The molecule has 1 N–H and O–H groups in total. The Labute approximate surface area is 151 Å². The van der Waals surface area contributed by atoms with Crippen molar-refractivity contribution < 1.29 is 9.59 Å². The summed E-state index contributed by atoms with van der Waals surface area (Å²) in [6, 6.07) is 3.99. The van der Waals surface area contributed by atoms with Crippen LogP contribution in [0.2, 0.25) is 0 Å². The number of hydrogen-bond acceptors (Lipinski definition) is 5. The average Bonchev–Trinajstić information content (AvgIpc) is 3.19. The van der Waals surface area contributed by atoms with Crippen LogP contribution in [0.3, 0.4) is 0 Å². The van der Waals surface area contributed by atoms with Gasteiger partial charge in [0.25, 0.3) is 5.91 Å². The second kappa shape index (κ2) is 7.31.